The lowest BCUT2D eigenvalue weighted by atomic mass is 9.71. The molecule has 6 nitrogen and oxygen atoms in total. The summed E-state index contributed by atoms with van der Waals surface area (Å²) in [6.07, 6.45) is 0. The van der Waals surface area contributed by atoms with Gasteiger partial charge in [-0.3, -0.25) is 9.36 Å². The van der Waals surface area contributed by atoms with E-state index in [2.05, 4.69) is 24.8 Å². The van der Waals surface area contributed by atoms with Gasteiger partial charge in [-0.05, 0) is 49.0 Å². The van der Waals surface area contributed by atoms with Crippen LogP contribution in [0.4, 0.5) is 4.79 Å². The summed E-state index contributed by atoms with van der Waals surface area (Å²) in [5, 5.41) is 0.718. The summed E-state index contributed by atoms with van der Waals surface area (Å²) in [7, 11) is 0. The first kappa shape index (κ1) is 21.1. The number of rotatable bonds is 6. The molecule has 0 saturated carbocycles. The fraction of sp³-hybridized carbons (Fsp3) is 0.360. The number of nitrogens with two attached hydrogens (primary N) is 1. The van der Waals surface area contributed by atoms with Crippen molar-refractivity contribution >= 4 is 22.7 Å². The van der Waals surface area contributed by atoms with Gasteiger partial charge in [0.15, 0.2) is 5.78 Å². The lowest BCUT2D eigenvalue weighted by molar-refractivity contribution is 0.103. The zero-order valence-corrected chi connectivity index (χ0v) is 18.5. The number of likely N-dealkylation sites (N-methyl/N-ethyl adjacent to an activating group) is 1. The van der Waals surface area contributed by atoms with Gasteiger partial charge >= 0.3 is 6.03 Å². The van der Waals surface area contributed by atoms with Crippen molar-refractivity contribution in [3.8, 4) is 5.75 Å². The van der Waals surface area contributed by atoms with Crippen LogP contribution in [0.1, 0.15) is 54.9 Å². The average molecular weight is 419 g/mol. The Morgan fingerprint density at radius 1 is 1.23 bits per heavy atom. The van der Waals surface area contributed by atoms with Crippen molar-refractivity contribution < 1.29 is 14.3 Å². The Bertz CT molecular complexity index is 1170. The molecule has 2 aromatic carbocycles. The van der Waals surface area contributed by atoms with Gasteiger partial charge in [0, 0.05) is 28.6 Å². The van der Waals surface area contributed by atoms with Crippen LogP contribution in [-0.4, -0.2) is 47.5 Å². The molecule has 1 aliphatic carbocycles. The van der Waals surface area contributed by atoms with Gasteiger partial charge in [0.05, 0.1) is 11.1 Å². The van der Waals surface area contributed by atoms with Crippen molar-refractivity contribution in [1.29, 1.82) is 0 Å². The van der Waals surface area contributed by atoms with E-state index < -0.39 is 11.4 Å². The van der Waals surface area contributed by atoms with Crippen molar-refractivity contribution in [3.63, 3.8) is 0 Å². The standard InChI is InChI=1S/C25H28N3O3/c1-5-27(6-2)13-14-31-16-11-12-17-19(15-16)25(3,4)23-21(22(17)29)18-9-7-8-10-20(18)28(23)24(26)30/h7,9-12,15H,5-6,13-14H2,1-4H3,(H2,26,30). The summed E-state index contributed by atoms with van der Waals surface area (Å²) < 4.78 is 7.46. The lowest BCUT2D eigenvalue weighted by Gasteiger charge is -2.33. The number of primary amides is 1. The highest BCUT2D eigenvalue weighted by atomic mass is 16.5. The molecule has 1 aromatic heterocycles. The summed E-state index contributed by atoms with van der Waals surface area (Å²) in [5.41, 5.74) is 8.35. The molecule has 0 bridgehead atoms. The first-order chi connectivity index (χ1) is 14.8. The second-order valence-electron chi connectivity index (χ2n) is 8.38. The first-order valence-corrected chi connectivity index (χ1v) is 10.7. The van der Waals surface area contributed by atoms with Crippen molar-refractivity contribution in [2.24, 2.45) is 5.73 Å². The Labute approximate surface area is 182 Å². The number of aromatic nitrogens is 1. The van der Waals surface area contributed by atoms with E-state index in [1.807, 2.05) is 38.1 Å². The second-order valence-corrected chi connectivity index (χ2v) is 8.38. The highest BCUT2D eigenvalue weighted by molar-refractivity contribution is 6.21. The fourth-order valence-corrected chi connectivity index (χ4v) is 4.65. The predicted molar refractivity (Wildman–Crippen MR) is 121 cm³/mol. The molecule has 3 aromatic rings. The number of benzene rings is 2. The number of fused-ring (bicyclic) bond motifs is 4. The van der Waals surface area contributed by atoms with Gasteiger partial charge < -0.3 is 15.4 Å². The minimum atomic E-state index is -0.620. The third-order valence-corrected chi connectivity index (χ3v) is 6.33. The summed E-state index contributed by atoms with van der Waals surface area (Å²) in [6.45, 7) is 11.6. The van der Waals surface area contributed by atoms with E-state index in [9.17, 15) is 9.59 Å². The number of carbonyl (C=O) groups is 2. The van der Waals surface area contributed by atoms with Crippen LogP contribution in [0.15, 0.2) is 36.4 Å². The van der Waals surface area contributed by atoms with Gasteiger partial charge in [0.2, 0.25) is 0 Å². The van der Waals surface area contributed by atoms with E-state index in [1.165, 1.54) is 4.57 Å². The number of hydrogen-bond donors (Lipinski definition) is 1. The minimum Gasteiger partial charge on any atom is -0.492 e. The zero-order chi connectivity index (χ0) is 22.3. The molecule has 0 unspecified atom stereocenters. The van der Waals surface area contributed by atoms with Crippen molar-refractivity contribution in [2.45, 2.75) is 33.1 Å². The van der Waals surface area contributed by atoms with Gasteiger partial charge in [-0.1, -0.05) is 39.8 Å². The molecule has 1 heterocycles. The molecule has 31 heavy (non-hydrogen) atoms. The normalized spacial score (nSPS) is 14.5. The molecule has 1 amide bonds. The van der Waals surface area contributed by atoms with Crippen molar-refractivity contribution in [3.05, 3.63) is 64.8 Å². The molecular weight excluding hydrogens is 390 g/mol. The Morgan fingerprint density at radius 2 is 1.97 bits per heavy atom. The van der Waals surface area contributed by atoms with Gasteiger partial charge in [-0.25, -0.2) is 4.79 Å². The van der Waals surface area contributed by atoms with Crippen LogP contribution < -0.4 is 10.5 Å². The van der Waals surface area contributed by atoms with Crippen LogP contribution in [0.5, 0.6) is 5.75 Å². The van der Waals surface area contributed by atoms with E-state index in [4.69, 9.17) is 10.5 Å². The molecule has 0 atom stereocenters. The molecule has 6 heteroatoms. The molecule has 2 N–H and O–H groups in total. The van der Waals surface area contributed by atoms with E-state index >= 15 is 0 Å². The largest absolute Gasteiger partial charge is 0.492 e. The monoisotopic (exact) mass is 418 g/mol. The number of carbonyl (C=O) groups excluding carboxylic acids is 2. The smallest absolute Gasteiger partial charge is 0.323 e. The SMILES string of the molecule is CCN(CC)CCOc1ccc2c(c1)C(C)(C)c1c(c3cc[c]cc3n1C(N)=O)C2=O. The first-order valence-electron chi connectivity index (χ1n) is 10.7. The van der Waals surface area contributed by atoms with E-state index in [1.54, 1.807) is 12.1 Å². The Morgan fingerprint density at radius 3 is 2.65 bits per heavy atom. The minimum absolute atomic E-state index is 0.102. The molecule has 4 rings (SSSR count). The highest BCUT2D eigenvalue weighted by Crippen LogP contribution is 2.46. The third kappa shape index (κ3) is 3.31. The molecule has 0 saturated heterocycles. The van der Waals surface area contributed by atoms with Crippen molar-refractivity contribution in [2.75, 3.05) is 26.2 Å². The molecule has 0 spiro atoms. The third-order valence-electron chi connectivity index (χ3n) is 6.33. The zero-order valence-electron chi connectivity index (χ0n) is 18.5. The Balaban J connectivity index is 1.80. The molecular formula is C25H28N3O3. The van der Waals surface area contributed by atoms with E-state index in [0.717, 1.165) is 30.6 Å². The van der Waals surface area contributed by atoms with Crippen LogP contribution in [0.2, 0.25) is 0 Å². The Kier molecular flexibility index (Phi) is 5.35. The summed E-state index contributed by atoms with van der Waals surface area (Å²) in [6, 6.07) is 13.3. The number of ether oxygens (including phenoxy) is 1. The van der Waals surface area contributed by atoms with E-state index in [0.29, 0.717) is 34.7 Å². The van der Waals surface area contributed by atoms with Crippen LogP contribution in [0.25, 0.3) is 10.9 Å². The van der Waals surface area contributed by atoms with E-state index in [-0.39, 0.29) is 5.78 Å². The lowest BCUT2D eigenvalue weighted by Crippen LogP contribution is -2.35. The van der Waals surface area contributed by atoms with Gasteiger partial charge in [0.25, 0.3) is 0 Å². The molecule has 0 fully saturated rings. The maximum absolute atomic E-state index is 13.5. The van der Waals surface area contributed by atoms with Gasteiger partial charge in [-0.2, -0.15) is 0 Å². The summed E-state index contributed by atoms with van der Waals surface area (Å²) in [4.78, 5) is 28.2. The highest BCUT2D eigenvalue weighted by Gasteiger charge is 2.42. The number of hydrogen-bond acceptors (Lipinski definition) is 4. The molecule has 1 aliphatic rings. The Hall–Kier alpha value is -3.12. The average Bonchev–Trinajstić information content (AvgIpc) is 3.12. The van der Waals surface area contributed by atoms with Crippen LogP contribution in [0, 0.1) is 6.07 Å². The predicted octanol–water partition coefficient (Wildman–Crippen LogP) is 3.96. The molecule has 161 valence electrons. The van der Waals surface area contributed by atoms with Crippen LogP contribution in [0.3, 0.4) is 0 Å². The quantitative estimate of drug-likeness (QED) is 0.657. The second kappa shape index (κ2) is 7.85. The van der Waals surface area contributed by atoms with Gasteiger partial charge in [0.1, 0.15) is 12.4 Å². The van der Waals surface area contributed by atoms with Crippen LogP contribution in [-0.2, 0) is 5.41 Å². The summed E-state index contributed by atoms with van der Waals surface area (Å²) in [5.74, 6) is 0.612. The number of amides is 1. The summed E-state index contributed by atoms with van der Waals surface area (Å²) >= 11 is 0. The molecule has 1 radical (unpaired) electrons. The fourth-order valence-electron chi connectivity index (χ4n) is 4.65. The molecule has 0 aliphatic heterocycles. The van der Waals surface area contributed by atoms with Crippen molar-refractivity contribution in [1.82, 2.24) is 9.47 Å². The van der Waals surface area contributed by atoms with Crippen LogP contribution >= 0.6 is 0 Å². The van der Waals surface area contributed by atoms with Gasteiger partial charge in [-0.15, -0.1) is 0 Å². The maximum atomic E-state index is 13.5. The topological polar surface area (TPSA) is 77.6 Å². The maximum Gasteiger partial charge on any atom is 0.323 e. The number of nitrogens with zero attached hydrogens (tertiary/aromatic N) is 2. The number of ketones is 1.